The summed E-state index contributed by atoms with van der Waals surface area (Å²) in [6.07, 6.45) is 0. The monoisotopic (exact) mass is 280 g/mol. The Morgan fingerprint density at radius 3 is 2.50 bits per heavy atom. The molecule has 0 unspecified atom stereocenters. The fourth-order valence-electron chi connectivity index (χ4n) is 1.79. The van der Waals surface area contributed by atoms with Crippen molar-refractivity contribution in [2.24, 2.45) is 5.41 Å². The van der Waals surface area contributed by atoms with Crippen molar-refractivity contribution in [3.63, 3.8) is 0 Å². The van der Waals surface area contributed by atoms with Crippen LogP contribution in [0.4, 0.5) is 14.9 Å². The van der Waals surface area contributed by atoms with Crippen LogP contribution in [0.3, 0.4) is 0 Å². The van der Waals surface area contributed by atoms with Crippen LogP contribution in [0.15, 0.2) is 18.2 Å². The molecule has 0 spiro atoms. The number of nitrogens with zero attached hydrogens (tertiary/aromatic N) is 1. The number of urea groups is 1. The molecular formula is C13H13FN2O4. The molecule has 20 heavy (non-hydrogen) atoms. The third-order valence-corrected chi connectivity index (χ3v) is 3.12. The SMILES string of the molecule is COc1ccc(F)c(N2C(=O)NC(=O)C(C)(C)C2=O)c1. The molecule has 0 radical (unpaired) electrons. The van der Waals surface area contributed by atoms with Crippen LogP contribution in [-0.2, 0) is 9.59 Å². The van der Waals surface area contributed by atoms with Gasteiger partial charge in [-0.3, -0.25) is 14.9 Å². The van der Waals surface area contributed by atoms with E-state index in [0.717, 1.165) is 6.07 Å². The average Bonchev–Trinajstić information content (AvgIpc) is 2.39. The minimum atomic E-state index is -1.45. The van der Waals surface area contributed by atoms with Crippen molar-refractivity contribution in [2.45, 2.75) is 13.8 Å². The molecule has 1 saturated heterocycles. The van der Waals surface area contributed by atoms with E-state index in [1.54, 1.807) is 0 Å². The van der Waals surface area contributed by atoms with Crippen LogP contribution in [0.2, 0.25) is 0 Å². The number of methoxy groups -OCH3 is 1. The third kappa shape index (κ3) is 2.01. The number of halogens is 1. The highest BCUT2D eigenvalue weighted by atomic mass is 19.1. The van der Waals surface area contributed by atoms with Crippen molar-refractivity contribution in [3.05, 3.63) is 24.0 Å². The highest BCUT2D eigenvalue weighted by Crippen LogP contribution is 2.31. The molecule has 4 amide bonds. The van der Waals surface area contributed by atoms with Gasteiger partial charge in [0.05, 0.1) is 12.8 Å². The number of carbonyl (C=O) groups is 3. The Morgan fingerprint density at radius 1 is 1.25 bits per heavy atom. The summed E-state index contributed by atoms with van der Waals surface area (Å²) in [4.78, 5) is 36.3. The standard InChI is InChI=1S/C13H13FN2O4/c1-13(2)10(17)15-12(19)16(11(13)18)9-6-7(20-3)4-5-8(9)14/h4-6H,1-3H3,(H,15,17,19). The first kappa shape index (κ1) is 14.0. The predicted octanol–water partition coefficient (Wildman–Crippen LogP) is 1.44. The highest BCUT2D eigenvalue weighted by molar-refractivity contribution is 6.29. The molecule has 1 aromatic rings. The number of hydrogen-bond donors (Lipinski definition) is 1. The normalized spacial score (nSPS) is 18.0. The summed E-state index contributed by atoms with van der Waals surface area (Å²) in [6, 6.07) is 2.68. The number of barbiturate groups is 1. The van der Waals surface area contributed by atoms with E-state index in [4.69, 9.17) is 4.74 Å². The van der Waals surface area contributed by atoms with Crippen LogP contribution in [0.25, 0.3) is 0 Å². The minimum absolute atomic E-state index is 0.257. The van der Waals surface area contributed by atoms with Crippen molar-refractivity contribution >= 4 is 23.5 Å². The van der Waals surface area contributed by atoms with E-state index >= 15 is 0 Å². The molecule has 0 bridgehead atoms. The Labute approximate surface area is 114 Å². The summed E-state index contributed by atoms with van der Waals surface area (Å²) in [6.45, 7) is 2.73. The van der Waals surface area contributed by atoms with Gasteiger partial charge < -0.3 is 4.74 Å². The molecule has 2 rings (SSSR count). The number of hydrogen-bond acceptors (Lipinski definition) is 4. The van der Waals surface area contributed by atoms with E-state index in [1.165, 1.54) is 33.1 Å². The van der Waals surface area contributed by atoms with Gasteiger partial charge in [-0.25, -0.2) is 14.1 Å². The Morgan fingerprint density at radius 2 is 1.90 bits per heavy atom. The lowest BCUT2D eigenvalue weighted by atomic mass is 9.88. The maximum Gasteiger partial charge on any atom is 0.335 e. The maximum atomic E-state index is 13.9. The number of benzene rings is 1. The van der Waals surface area contributed by atoms with Gasteiger partial charge >= 0.3 is 6.03 Å². The number of anilines is 1. The van der Waals surface area contributed by atoms with Crippen LogP contribution in [0.5, 0.6) is 5.75 Å². The zero-order valence-corrected chi connectivity index (χ0v) is 11.2. The van der Waals surface area contributed by atoms with Crippen molar-refractivity contribution in [2.75, 3.05) is 12.0 Å². The molecule has 7 heteroatoms. The van der Waals surface area contributed by atoms with Crippen molar-refractivity contribution in [1.29, 1.82) is 0 Å². The summed E-state index contributed by atoms with van der Waals surface area (Å²) >= 11 is 0. The van der Waals surface area contributed by atoms with Crippen LogP contribution in [0, 0.1) is 11.2 Å². The quantitative estimate of drug-likeness (QED) is 0.832. The molecule has 0 aromatic heterocycles. The van der Waals surface area contributed by atoms with Crippen LogP contribution in [-0.4, -0.2) is 25.0 Å². The van der Waals surface area contributed by atoms with Gasteiger partial charge in [0.25, 0.3) is 0 Å². The van der Waals surface area contributed by atoms with E-state index in [0.29, 0.717) is 4.90 Å². The highest BCUT2D eigenvalue weighted by Gasteiger charge is 2.48. The van der Waals surface area contributed by atoms with Crippen LogP contribution >= 0.6 is 0 Å². The molecule has 0 saturated carbocycles. The Kier molecular flexibility index (Phi) is 3.21. The lowest BCUT2D eigenvalue weighted by Crippen LogP contribution is -2.62. The molecule has 1 aromatic carbocycles. The van der Waals surface area contributed by atoms with Gasteiger partial charge in [-0.1, -0.05) is 0 Å². The maximum absolute atomic E-state index is 13.9. The fourth-order valence-corrected chi connectivity index (χ4v) is 1.79. The summed E-state index contributed by atoms with van der Waals surface area (Å²) in [7, 11) is 1.38. The van der Waals surface area contributed by atoms with E-state index in [1.807, 2.05) is 5.32 Å². The molecular weight excluding hydrogens is 267 g/mol. The first-order valence-electron chi connectivity index (χ1n) is 5.82. The Hall–Kier alpha value is -2.44. The topological polar surface area (TPSA) is 75.7 Å². The van der Waals surface area contributed by atoms with Gasteiger partial charge in [0, 0.05) is 6.07 Å². The van der Waals surface area contributed by atoms with Crippen molar-refractivity contribution < 1.29 is 23.5 Å². The number of rotatable bonds is 2. The van der Waals surface area contributed by atoms with Gasteiger partial charge in [0.1, 0.15) is 17.0 Å². The zero-order chi connectivity index (χ0) is 15.1. The molecule has 0 atom stereocenters. The predicted molar refractivity (Wildman–Crippen MR) is 67.8 cm³/mol. The second kappa shape index (κ2) is 4.59. The molecule has 0 aliphatic carbocycles. The third-order valence-electron chi connectivity index (χ3n) is 3.12. The van der Waals surface area contributed by atoms with Gasteiger partial charge in [0.15, 0.2) is 0 Å². The van der Waals surface area contributed by atoms with Crippen molar-refractivity contribution in [3.8, 4) is 5.75 Å². The molecule has 1 fully saturated rings. The summed E-state index contributed by atoms with van der Waals surface area (Å²) in [5.74, 6) is -1.98. The fraction of sp³-hybridized carbons (Fsp3) is 0.308. The van der Waals surface area contributed by atoms with E-state index in [2.05, 4.69) is 0 Å². The molecule has 106 valence electrons. The number of ether oxygens (including phenoxy) is 1. The number of carbonyl (C=O) groups excluding carboxylic acids is 3. The van der Waals surface area contributed by atoms with Gasteiger partial charge in [-0.15, -0.1) is 0 Å². The molecule has 1 aliphatic heterocycles. The van der Waals surface area contributed by atoms with Gasteiger partial charge in [-0.05, 0) is 26.0 Å². The van der Waals surface area contributed by atoms with Gasteiger partial charge in [0.2, 0.25) is 11.8 Å². The van der Waals surface area contributed by atoms with E-state index < -0.39 is 29.1 Å². The summed E-state index contributed by atoms with van der Waals surface area (Å²) < 4.78 is 18.8. The van der Waals surface area contributed by atoms with Crippen LogP contribution in [0.1, 0.15) is 13.8 Å². The first-order chi connectivity index (χ1) is 9.28. The Balaban J connectivity index is 2.53. The van der Waals surface area contributed by atoms with E-state index in [9.17, 15) is 18.8 Å². The zero-order valence-electron chi connectivity index (χ0n) is 11.2. The number of nitrogens with one attached hydrogen (secondary N) is 1. The molecule has 1 N–H and O–H groups in total. The van der Waals surface area contributed by atoms with E-state index in [-0.39, 0.29) is 11.4 Å². The minimum Gasteiger partial charge on any atom is -0.497 e. The second-order valence-electron chi connectivity index (χ2n) is 4.84. The first-order valence-corrected chi connectivity index (χ1v) is 5.82. The smallest absolute Gasteiger partial charge is 0.335 e. The summed E-state index contributed by atoms with van der Waals surface area (Å²) in [5, 5.41) is 2.03. The largest absolute Gasteiger partial charge is 0.497 e. The lowest BCUT2D eigenvalue weighted by molar-refractivity contribution is -0.140. The Bertz CT molecular complexity index is 612. The lowest BCUT2D eigenvalue weighted by Gasteiger charge is -2.34. The molecule has 1 aliphatic rings. The summed E-state index contributed by atoms with van der Waals surface area (Å²) in [5.41, 5.74) is -1.71. The second-order valence-corrected chi connectivity index (χ2v) is 4.84. The number of amides is 4. The van der Waals surface area contributed by atoms with Crippen molar-refractivity contribution in [1.82, 2.24) is 5.32 Å². The average molecular weight is 280 g/mol. The number of imide groups is 2. The molecule has 6 nitrogen and oxygen atoms in total. The van der Waals surface area contributed by atoms with Crippen LogP contribution < -0.4 is 15.0 Å². The van der Waals surface area contributed by atoms with Gasteiger partial charge in [-0.2, -0.15) is 0 Å². The molecule has 1 heterocycles.